The second-order valence-electron chi connectivity index (χ2n) is 6.52. The van der Waals surface area contributed by atoms with Gasteiger partial charge in [0.25, 0.3) is 0 Å². The summed E-state index contributed by atoms with van der Waals surface area (Å²) >= 11 is 0. The number of nitrogens with one attached hydrogen (secondary N) is 1. The molecule has 1 aliphatic heterocycles. The highest BCUT2D eigenvalue weighted by atomic mass is 32.2. The summed E-state index contributed by atoms with van der Waals surface area (Å²) in [5.74, 6) is -0.320. The van der Waals surface area contributed by atoms with Crippen molar-refractivity contribution in [2.45, 2.75) is 30.9 Å². The van der Waals surface area contributed by atoms with Crippen molar-refractivity contribution in [2.75, 3.05) is 20.3 Å². The molecule has 26 heavy (non-hydrogen) atoms. The van der Waals surface area contributed by atoms with E-state index in [2.05, 4.69) is 4.72 Å². The smallest absolute Gasteiger partial charge is 0.240 e. The number of rotatable bonds is 5. The summed E-state index contributed by atoms with van der Waals surface area (Å²) in [6.45, 7) is 2.52. The van der Waals surface area contributed by atoms with E-state index in [1.807, 2.05) is 36.4 Å². The van der Waals surface area contributed by atoms with E-state index >= 15 is 0 Å². The van der Waals surface area contributed by atoms with Crippen LogP contribution in [-0.2, 0) is 19.6 Å². The summed E-state index contributed by atoms with van der Waals surface area (Å²) in [5, 5.41) is 1.39. The molecule has 140 valence electrons. The van der Waals surface area contributed by atoms with Gasteiger partial charge in [-0.05, 0) is 48.2 Å². The van der Waals surface area contributed by atoms with Crippen molar-refractivity contribution < 1.29 is 22.7 Å². The molecule has 2 aromatic carbocycles. The Morgan fingerprint density at radius 2 is 1.81 bits per heavy atom. The van der Waals surface area contributed by atoms with Gasteiger partial charge in [-0.3, -0.25) is 9.52 Å². The minimum atomic E-state index is -3.68. The van der Waals surface area contributed by atoms with E-state index in [4.69, 9.17) is 9.47 Å². The molecular weight excluding hydrogens is 354 g/mol. The van der Waals surface area contributed by atoms with Gasteiger partial charge in [0, 0.05) is 13.2 Å². The molecule has 1 fully saturated rings. The van der Waals surface area contributed by atoms with Crippen LogP contribution in [0.1, 0.15) is 31.2 Å². The zero-order valence-electron chi connectivity index (χ0n) is 14.9. The van der Waals surface area contributed by atoms with Gasteiger partial charge in [0.15, 0.2) is 0 Å². The van der Waals surface area contributed by atoms with Crippen LogP contribution in [-0.4, -0.2) is 39.9 Å². The first-order chi connectivity index (χ1) is 12.4. The van der Waals surface area contributed by atoms with Gasteiger partial charge in [0.1, 0.15) is 5.75 Å². The molecule has 1 saturated heterocycles. The molecule has 0 spiro atoms. The van der Waals surface area contributed by atoms with Gasteiger partial charge >= 0.3 is 0 Å². The Balaban J connectivity index is 1.76. The van der Waals surface area contributed by atoms with Crippen LogP contribution < -0.4 is 9.46 Å². The van der Waals surface area contributed by atoms with E-state index in [-0.39, 0.29) is 0 Å². The van der Waals surface area contributed by atoms with Crippen LogP contribution in [0.4, 0.5) is 0 Å². The van der Waals surface area contributed by atoms with Crippen molar-refractivity contribution in [1.82, 2.24) is 4.72 Å². The van der Waals surface area contributed by atoms with Crippen LogP contribution in [0.5, 0.6) is 5.75 Å². The zero-order valence-corrected chi connectivity index (χ0v) is 15.7. The molecule has 2 aromatic rings. The topological polar surface area (TPSA) is 81.7 Å². The van der Waals surface area contributed by atoms with Gasteiger partial charge in [-0.25, -0.2) is 8.42 Å². The maximum Gasteiger partial charge on any atom is 0.240 e. The Morgan fingerprint density at radius 3 is 2.50 bits per heavy atom. The first-order valence-corrected chi connectivity index (χ1v) is 10.2. The number of amides is 1. The van der Waals surface area contributed by atoms with Crippen LogP contribution in [0, 0.1) is 0 Å². The lowest BCUT2D eigenvalue weighted by molar-refractivity contribution is -0.120. The van der Waals surface area contributed by atoms with Crippen molar-refractivity contribution in [3.8, 4) is 5.75 Å². The Labute approximate surface area is 153 Å². The Hall–Kier alpha value is -2.12. The van der Waals surface area contributed by atoms with Gasteiger partial charge in [0.05, 0.1) is 18.3 Å². The van der Waals surface area contributed by atoms with Crippen molar-refractivity contribution in [3.05, 3.63) is 42.0 Å². The fourth-order valence-electron chi connectivity index (χ4n) is 3.09. The molecule has 1 atom stereocenters. The highest BCUT2D eigenvalue weighted by Gasteiger charge is 2.30. The molecule has 0 bridgehead atoms. The second-order valence-corrected chi connectivity index (χ2v) is 8.48. The number of carbonyl (C=O) groups excluding carboxylic acids is 1. The number of hydrogen-bond donors (Lipinski definition) is 1. The fourth-order valence-corrected chi connectivity index (χ4v) is 4.53. The second kappa shape index (κ2) is 7.63. The van der Waals surface area contributed by atoms with E-state index in [0.29, 0.717) is 26.1 Å². The molecule has 7 heteroatoms. The zero-order chi connectivity index (χ0) is 18.7. The fraction of sp³-hybridized carbons (Fsp3) is 0.421. The highest BCUT2D eigenvalue weighted by molar-refractivity contribution is 7.90. The van der Waals surface area contributed by atoms with Crippen molar-refractivity contribution in [2.24, 2.45) is 0 Å². The lowest BCUT2D eigenvalue weighted by atomic mass is 9.97. The molecule has 1 heterocycles. The van der Waals surface area contributed by atoms with Gasteiger partial charge in [0.2, 0.25) is 15.9 Å². The van der Waals surface area contributed by atoms with Gasteiger partial charge in [-0.1, -0.05) is 24.3 Å². The molecule has 6 nitrogen and oxygen atoms in total. The summed E-state index contributed by atoms with van der Waals surface area (Å²) in [5.41, 5.74) is 0.766. The first kappa shape index (κ1) is 18.7. The van der Waals surface area contributed by atoms with Crippen LogP contribution in [0.3, 0.4) is 0 Å². The number of sulfonamides is 1. The van der Waals surface area contributed by atoms with E-state index in [9.17, 15) is 13.2 Å². The first-order valence-electron chi connectivity index (χ1n) is 8.61. The number of methoxy groups -OCH3 is 1. The molecule has 0 radical (unpaired) electrons. The maximum absolute atomic E-state index is 12.5. The summed E-state index contributed by atoms with van der Waals surface area (Å²) in [6.07, 6.45) is 0.823. The molecule has 0 saturated carbocycles. The predicted molar refractivity (Wildman–Crippen MR) is 99.8 cm³/mol. The van der Waals surface area contributed by atoms with Crippen LogP contribution in [0.25, 0.3) is 10.8 Å². The monoisotopic (exact) mass is 377 g/mol. The van der Waals surface area contributed by atoms with Crippen LogP contribution >= 0.6 is 0 Å². The lowest BCUT2D eigenvalue weighted by Crippen LogP contribution is -2.42. The Bertz CT molecular complexity index is 903. The summed E-state index contributed by atoms with van der Waals surface area (Å²) in [4.78, 5) is 12.5. The lowest BCUT2D eigenvalue weighted by Gasteiger charge is -2.23. The highest BCUT2D eigenvalue weighted by Crippen LogP contribution is 2.25. The summed E-state index contributed by atoms with van der Waals surface area (Å²) in [7, 11) is -2.07. The van der Waals surface area contributed by atoms with Crippen molar-refractivity contribution in [1.29, 1.82) is 0 Å². The number of ether oxygens (including phenoxy) is 2. The van der Waals surface area contributed by atoms with Gasteiger partial charge < -0.3 is 9.47 Å². The average molecular weight is 377 g/mol. The molecular formula is C19H23NO5S. The van der Waals surface area contributed by atoms with Crippen molar-refractivity contribution in [3.63, 3.8) is 0 Å². The van der Waals surface area contributed by atoms with Gasteiger partial charge in [-0.2, -0.15) is 0 Å². The molecule has 1 N–H and O–H groups in total. The number of carbonyl (C=O) groups is 1. The molecule has 1 unspecified atom stereocenters. The predicted octanol–water partition coefficient (Wildman–Crippen LogP) is 2.58. The third-order valence-corrected chi connectivity index (χ3v) is 6.65. The van der Waals surface area contributed by atoms with Crippen LogP contribution in [0.2, 0.25) is 0 Å². The van der Waals surface area contributed by atoms with E-state index in [1.165, 1.54) is 0 Å². The number of fused-ring (bicyclic) bond motifs is 1. The number of benzene rings is 2. The summed E-state index contributed by atoms with van der Waals surface area (Å²) < 4.78 is 37.5. The molecule has 0 aliphatic carbocycles. The third kappa shape index (κ3) is 3.99. The molecule has 1 aliphatic rings. The SMILES string of the molecule is COc1ccc2cc(C(C)C(=O)NS(=O)(=O)C3CCOCC3)ccc2c1. The molecule has 0 aromatic heterocycles. The molecule has 1 amide bonds. The van der Waals surface area contributed by atoms with E-state index < -0.39 is 27.1 Å². The third-order valence-electron chi connectivity index (χ3n) is 4.81. The average Bonchev–Trinajstić information content (AvgIpc) is 2.66. The maximum atomic E-state index is 12.5. The van der Waals surface area contributed by atoms with E-state index in [1.54, 1.807) is 14.0 Å². The minimum Gasteiger partial charge on any atom is -0.497 e. The normalized spacial score (nSPS) is 17.0. The van der Waals surface area contributed by atoms with Crippen molar-refractivity contribution >= 4 is 26.7 Å². The Kier molecular flexibility index (Phi) is 5.48. The minimum absolute atomic E-state index is 0.406. The van der Waals surface area contributed by atoms with Gasteiger partial charge in [-0.15, -0.1) is 0 Å². The Morgan fingerprint density at radius 1 is 1.15 bits per heavy atom. The quantitative estimate of drug-likeness (QED) is 0.866. The number of hydrogen-bond acceptors (Lipinski definition) is 5. The van der Waals surface area contributed by atoms with E-state index in [0.717, 1.165) is 22.1 Å². The van der Waals surface area contributed by atoms with Crippen LogP contribution in [0.15, 0.2) is 36.4 Å². The standard InChI is InChI=1S/C19H23NO5S/c1-13(19(21)20-26(22,23)18-7-9-25-10-8-18)14-3-4-16-12-17(24-2)6-5-15(16)11-14/h3-6,11-13,18H,7-10H2,1-2H3,(H,20,21). The largest absolute Gasteiger partial charge is 0.497 e. The molecule has 3 rings (SSSR count). The summed E-state index contributed by atoms with van der Waals surface area (Å²) in [6, 6.07) is 11.3.